The fourth-order valence-corrected chi connectivity index (χ4v) is 1.72. The van der Waals surface area contributed by atoms with E-state index in [1.807, 2.05) is 24.4 Å². The van der Waals surface area contributed by atoms with Gasteiger partial charge in [-0.2, -0.15) is 5.53 Å². The number of aromatic nitrogens is 1. The van der Waals surface area contributed by atoms with Gasteiger partial charge < -0.3 is 0 Å². The molecule has 4 nitrogen and oxygen atoms in total. The second kappa shape index (κ2) is 5.21. The Labute approximate surface area is 90.6 Å². The molecule has 1 atom stereocenters. The zero-order valence-electron chi connectivity index (χ0n) is 9.11. The van der Waals surface area contributed by atoms with E-state index >= 15 is 0 Å². The van der Waals surface area contributed by atoms with Gasteiger partial charge in [0.2, 0.25) is 0 Å². The molecule has 0 saturated carbocycles. The summed E-state index contributed by atoms with van der Waals surface area (Å²) in [6.45, 7) is 4.36. The third-order valence-corrected chi connectivity index (χ3v) is 2.68. The highest BCUT2D eigenvalue weighted by atomic mass is 15.7. The van der Waals surface area contributed by atoms with Crippen LogP contribution >= 0.6 is 0 Å². The zero-order chi connectivity index (χ0) is 10.5. The molecule has 0 spiro atoms. The second-order valence-corrected chi connectivity index (χ2v) is 3.93. The molecule has 4 heteroatoms. The van der Waals surface area contributed by atoms with Crippen molar-refractivity contribution in [1.29, 1.82) is 0 Å². The molecular formula is C11H18N4. The lowest BCUT2D eigenvalue weighted by Gasteiger charge is -2.20. The molecule has 1 aliphatic rings. The molecule has 0 amide bonds. The Kier molecular flexibility index (Phi) is 3.66. The lowest BCUT2D eigenvalue weighted by Crippen LogP contribution is -2.46. The van der Waals surface area contributed by atoms with Crippen LogP contribution in [0.5, 0.6) is 0 Å². The Morgan fingerprint density at radius 1 is 1.33 bits per heavy atom. The Morgan fingerprint density at radius 3 is 2.80 bits per heavy atom. The average molecular weight is 206 g/mol. The minimum absolute atomic E-state index is 0.229. The zero-order valence-corrected chi connectivity index (χ0v) is 9.11. The normalized spacial score (nSPS) is 19.3. The summed E-state index contributed by atoms with van der Waals surface area (Å²) in [5.74, 6) is 0. The summed E-state index contributed by atoms with van der Waals surface area (Å²) in [5, 5.41) is 2.21. The molecule has 15 heavy (non-hydrogen) atoms. The van der Waals surface area contributed by atoms with E-state index in [0.29, 0.717) is 0 Å². The maximum atomic E-state index is 4.30. The van der Waals surface area contributed by atoms with Crippen molar-refractivity contribution in [3.63, 3.8) is 0 Å². The van der Waals surface area contributed by atoms with Crippen LogP contribution in [0.25, 0.3) is 0 Å². The molecule has 82 valence electrons. The van der Waals surface area contributed by atoms with Crippen molar-refractivity contribution in [2.45, 2.75) is 25.8 Å². The van der Waals surface area contributed by atoms with E-state index < -0.39 is 0 Å². The highest BCUT2D eigenvalue weighted by Crippen LogP contribution is 2.07. The predicted octanol–water partition coefficient (Wildman–Crippen LogP) is 1.25. The summed E-state index contributed by atoms with van der Waals surface area (Å²) in [4.78, 5) is 4.30. The SMILES string of the molecule is CC(NNN1CCCC1)c1ccccn1. The summed E-state index contributed by atoms with van der Waals surface area (Å²) in [5.41, 5.74) is 7.54. The second-order valence-electron chi connectivity index (χ2n) is 3.93. The molecule has 1 saturated heterocycles. The van der Waals surface area contributed by atoms with Crippen LogP contribution in [-0.2, 0) is 0 Å². The maximum Gasteiger partial charge on any atom is 0.0619 e. The lowest BCUT2D eigenvalue weighted by molar-refractivity contribution is 0.176. The number of rotatable bonds is 4. The van der Waals surface area contributed by atoms with Crippen LogP contribution in [0, 0.1) is 0 Å². The number of nitrogens with one attached hydrogen (secondary N) is 2. The minimum atomic E-state index is 0.229. The first-order valence-corrected chi connectivity index (χ1v) is 5.53. The third kappa shape index (κ3) is 2.99. The summed E-state index contributed by atoms with van der Waals surface area (Å²) in [6, 6.07) is 6.20. The summed E-state index contributed by atoms with van der Waals surface area (Å²) >= 11 is 0. The van der Waals surface area contributed by atoms with Gasteiger partial charge in [0.05, 0.1) is 11.7 Å². The van der Waals surface area contributed by atoms with E-state index in [4.69, 9.17) is 0 Å². The number of hydrazine groups is 2. The number of pyridine rings is 1. The van der Waals surface area contributed by atoms with E-state index in [2.05, 4.69) is 27.9 Å². The van der Waals surface area contributed by atoms with Crippen LogP contribution in [0.15, 0.2) is 24.4 Å². The van der Waals surface area contributed by atoms with Gasteiger partial charge in [0, 0.05) is 19.3 Å². The molecule has 1 unspecified atom stereocenters. The summed E-state index contributed by atoms with van der Waals surface area (Å²) in [7, 11) is 0. The highest BCUT2D eigenvalue weighted by Gasteiger charge is 2.12. The molecule has 1 aromatic heterocycles. The Hall–Kier alpha value is -0.970. The van der Waals surface area contributed by atoms with E-state index in [1.54, 1.807) is 0 Å². The van der Waals surface area contributed by atoms with Gasteiger partial charge in [-0.3, -0.25) is 4.98 Å². The minimum Gasteiger partial charge on any atom is -0.260 e. The van der Waals surface area contributed by atoms with Crippen LogP contribution in [0.4, 0.5) is 0 Å². The summed E-state index contributed by atoms with van der Waals surface area (Å²) in [6.07, 6.45) is 4.39. The van der Waals surface area contributed by atoms with Crippen molar-refractivity contribution in [2.75, 3.05) is 13.1 Å². The van der Waals surface area contributed by atoms with Gasteiger partial charge in [-0.05, 0) is 31.9 Å². The number of hydrogen-bond acceptors (Lipinski definition) is 4. The first kappa shape index (κ1) is 10.5. The Balaban J connectivity index is 1.79. The van der Waals surface area contributed by atoms with Gasteiger partial charge in [-0.1, -0.05) is 6.07 Å². The molecular weight excluding hydrogens is 188 g/mol. The first-order chi connectivity index (χ1) is 7.36. The predicted molar refractivity (Wildman–Crippen MR) is 59.7 cm³/mol. The molecule has 1 fully saturated rings. The van der Waals surface area contributed by atoms with Gasteiger partial charge in [0.25, 0.3) is 0 Å². The van der Waals surface area contributed by atoms with Crippen LogP contribution in [0.2, 0.25) is 0 Å². The molecule has 0 bridgehead atoms. The van der Waals surface area contributed by atoms with E-state index in [-0.39, 0.29) is 6.04 Å². The molecule has 2 heterocycles. The smallest absolute Gasteiger partial charge is 0.0619 e. The van der Waals surface area contributed by atoms with Gasteiger partial charge in [-0.15, -0.1) is 0 Å². The van der Waals surface area contributed by atoms with Crippen LogP contribution in [0.3, 0.4) is 0 Å². The van der Waals surface area contributed by atoms with Gasteiger partial charge in [-0.25, -0.2) is 10.4 Å². The van der Waals surface area contributed by atoms with E-state index in [0.717, 1.165) is 18.8 Å². The van der Waals surface area contributed by atoms with Crippen LogP contribution in [0.1, 0.15) is 31.5 Å². The first-order valence-electron chi connectivity index (χ1n) is 5.53. The topological polar surface area (TPSA) is 40.2 Å². The largest absolute Gasteiger partial charge is 0.260 e. The average Bonchev–Trinajstić information content (AvgIpc) is 2.80. The molecule has 0 aliphatic carbocycles. The molecule has 0 aromatic carbocycles. The maximum absolute atomic E-state index is 4.30. The fourth-order valence-electron chi connectivity index (χ4n) is 1.72. The molecule has 2 N–H and O–H groups in total. The summed E-state index contributed by atoms with van der Waals surface area (Å²) < 4.78 is 0. The fraction of sp³-hybridized carbons (Fsp3) is 0.545. The highest BCUT2D eigenvalue weighted by molar-refractivity contribution is 5.07. The van der Waals surface area contributed by atoms with Gasteiger partial charge in [0.1, 0.15) is 0 Å². The van der Waals surface area contributed by atoms with Crippen molar-refractivity contribution in [2.24, 2.45) is 0 Å². The van der Waals surface area contributed by atoms with Gasteiger partial charge in [0.15, 0.2) is 0 Å². The van der Waals surface area contributed by atoms with Crippen LogP contribution < -0.4 is 11.0 Å². The van der Waals surface area contributed by atoms with Crippen molar-refractivity contribution < 1.29 is 0 Å². The van der Waals surface area contributed by atoms with Gasteiger partial charge >= 0.3 is 0 Å². The quantitative estimate of drug-likeness (QED) is 0.727. The molecule has 0 radical (unpaired) electrons. The number of hydrogen-bond donors (Lipinski definition) is 2. The van der Waals surface area contributed by atoms with Crippen LogP contribution in [-0.4, -0.2) is 23.1 Å². The molecule has 2 rings (SSSR count). The lowest BCUT2D eigenvalue weighted by atomic mass is 10.2. The third-order valence-electron chi connectivity index (χ3n) is 2.68. The monoisotopic (exact) mass is 206 g/mol. The van der Waals surface area contributed by atoms with Crippen molar-refractivity contribution >= 4 is 0 Å². The number of nitrogens with zero attached hydrogens (tertiary/aromatic N) is 2. The standard InChI is InChI=1S/C11H18N4/c1-10(11-6-2-3-7-12-11)13-14-15-8-4-5-9-15/h2-3,6-7,10,13-14H,4-5,8-9H2,1H3. The van der Waals surface area contributed by atoms with Crippen molar-refractivity contribution in [3.05, 3.63) is 30.1 Å². The van der Waals surface area contributed by atoms with Crippen molar-refractivity contribution in [1.82, 2.24) is 21.0 Å². The van der Waals surface area contributed by atoms with E-state index in [9.17, 15) is 0 Å². The van der Waals surface area contributed by atoms with Crippen molar-refractivity contribution in [3.8, 4) is 0 Å². The van der Waals surface area contributed by atoms with E-state index in [1.165, 1.54) is 12.8 Å². The molecule has 1 aliphatic heterocycles. The molecule has 1 aromatic rings. The Bertz CT molecular complexity index is 282. The Morgan fingerprint density at radius 2 is 2.13 bits per heavy atom.